The van der Waals surface area contributed by atoms with E-state index in [1.165, 1.54) is 4.90 Å². The second kappa shape index (κ2) is 7.61. The second-order valence-electron chi connectivity index (χ2n) is 5.92. The average Bonchev–Trinajstić information content (AvgIpc) is 2.57. The minimum absolute atomic E-state index is 0.227. The normalized spacial score (nSPS) is 10.4. The maximum atomic E-state index is 12.3. The molecule has 25 heavy (non-hydrogen) atoms. The number of likely N-dealkylation sites (N-methyl/N-ethyl adjacent to an activating group) is 1. The first-order chi connectivity index (χ1) is 11.8. The number of benzene rings is 1. The lowest BCUT2D eigenvalue weighted by Gasteiger charge is -2.19. The third-order valence-electron chi connectivity index (χ3n) is 3.78. The molecule has 0 unspecified atom stereocenters. The summed E-state index contributed by atoms with van der Waals surface area (Å²) < 4.78 is 1.05. The molecule has 2 rings (SSSR count). The number of aromatic nitrogens is 1. The van der Waals surface area contributed by atoms with Gasteiger partial charge in [-0.15, -0.1) is 0 Å². The van der Waals surface area contributed by atoms with Crippen LogP contribution in [0.5, 0.6) is 0 Å². The maximum absolute atomic E-state index is 12.3. The van der Waals surface area contributed by atoms with E-state index in [-0.39, 0.29) is 18.1 Å². The highest BCUT2D eigenvalue weighted by atomic mass is 16.6. The Labute approximate surface area is 145 Å². The molecule has 1 amide bonds. The van der Waals surface area contributed by atoms with E-state index in [0.29, 0.717) is 6.54 Å². The Morgan fingerprint density at radius 1 is 1.12 bits per heavy atom. The van der Waals surface area contributed by atoms with Crippen molar-refractivity contribution < 1.29 is 9.72 Å². The minimum atomic E-state index is -0.601. The van der Waals surface area contributed by atoms with Gasteiger partial charge in [-0.2, -0.15) is 0 Å². The summed E-state index contributed by atoms with van der Waals surface area (Å²) in [6.45, 7) is 0.142. The van der Waals surface area contributed by atoms with Crippen molar-refractivity contribution in [1.29, 1.82) is 0 Å². The molecule has 1 heterocycles. The van der Waals surface area contributed by atoms with Crippen molar-refractivity contribution in [1.82, 2.24) is 9.47 Å². The van der Waals surface area contributed by atoms with E-state index in [0.717, 1.165) is 34.1 Å². The van der Waals surface area contributed by atoms with Gasteiger partial charge in [-0.3, -0.25) is 24.3 Å². The molecule has 1 aromatic heterocycles. The largest absolute Gasteiger partial charge is 0.378 e. The van der Waals surface area contributed by atoms with Gasteiger partial charge in [0.1, 0.15) is 6.54 Å². The number of amides is 1. The first-order valence-corrected chi connectivity index (χ1v) is 7.63. The van der Waals surface area contributed by atoms with Crippen molar-refractivity contribution in [3.63, 3.8) is 0 Å². The molecule has 0 spiro atoms. The Morgan fingerprint density at radius 3 is 2.32 bits per heavy atom. The standard InChI is InChI=1S/C17H20N4O4/c1-18(2)14-6-4-13(5-7-14)10-19(3)17(23)12-20-11-15(21(24)25)8-9-16(20)22/h4-9,11H,10,12H2,1-3H3. The van der Waals surface area contributed by atoms with Crippen LogP contribution in [-0.4, -0.2) is 41.4 Å². The summed E-state index contributed by atoms with van der Waals surface area (Å²) >= 11 is 0. The summed E-state index contributed by atoms with van der Waals surface area (Å²) in [7, 11) is 5.52. The van der Waals surface area contributed by atoms with Gasteiger partial charge in [0.05, 0.1) is 11.1 Å². The van der Waals surface area contributed by atoms with Crippen molar-refractivity contribution in [2.75, 3.05) is 26.0 Å². The molecule has 0 atom stereocenters. The predicted octanol–water partition coefficient (Wildman–Crippen LogP) is 1.48. The number of nitrogens with zero attached hydrogens (tertiary/aromatic N) is 4. The van der Waals surface area contributed by atoms with Crippen LogP contribution < -0.4 is 10.5 Å². The van der Waals surface area contributed by atoms with E-state index in [4.69, 9.17) is 0 Å². The lowest BCUT2D eigenvalue weighted by atomic mass is 10.2. The van der Waals surface area contributed by atoms with E-state index in [2.05, 4.69) is 0 Å². The third-order valence-corrected chi connectivity index (χ3v) is 3.78. The van der Waals surface area contributed by atoms with Crippen LogP contribution in [0.25, 0.3) is 0 Å². The molecule has 0 saturated carbocycles. The molecule has 1 aromatic carbocycles. The van der Waals surface area contributed by atoms with Crippen LogP contribution in [0.15, 0.2) is 47.4 Å². The Morgan fingerprint density at radius 2 is 1.76 bits per heavy atom. The summed E-state index contributed by atoms with van der Waals surface area (Å²) in [5.41, 5.74) is 1.32. The van der Waals surface area contributed by atoms with Crippen molar-refractivity contribution in [2.24, 2.45) is 0 Å². The van der Waals surface area contributed by atoms with Crippen molar-refractivity contribution in [3.05, 3.63) is 68.6 Å². The smallest absolute Gasteiger partial charge is 0.285 e. The third kappa shape index (κ3) is 4.66. The molecule has 0 radical (unpaired) electrons. The monoisotopic (exact) mass is 344 g/mol. The summed E-state index contributed by atoms with van der Waals surface area (Å²) in [4.78, 5) is 37.7. The van der Waals surface area contributed by atoms with E-state index >= 15 is 0 Å². The van der Waals surface area contributed by atoms with E-state index in [9.17, 15) is 19.7 Å². The molecule has 0 aliphatic carbocycles. The van der Waals surface area contributed by atoms with Gasteiger partial charge in [-0.1, -0.05) is 12.1 Å². The number of hydrogen-bond donors (Lipinski definition) is 0. The molecule has 2 aromatic rings. The van der Waals surface area contributed by atoms with Gasteiger partial charge in [-0.25, -0.2) is 0 Å². The number of carbonyl (C=O) groups is 1. The van der Waals surface area contributed by atoms with Crippen molar-refractivity contribution >= 4 is 17.3 Å². The zero-order valence-corrected chi connectivity index (χ0v) is 14.4. The van der Waals surface area contributed by atoms with Crippen LogP contribution in [0, 0.1) is 10.1 Å². The van der Waals surface area contributed by atoms with Crippen LogP contribution in [-0.2, 0) is 17.9 Å². The molecule has 0 aliphatic rings. The van der Waals surface area contributed by atoms with Crippen LogP contribution >= 0.6 is 0 Å². The molecule has 132 valence electrons. The maximum Gasteiger partial charge on any atom is 0.285 e. The van der Waals surface area contributed by atoms with Crippen LogP contribution in [0.1, 0.15) is 5.56 Å². The van der Waals surface area contributed by atoms with Crippen LogP contribution in [0.3, 0.4) is 0 Å². The van der Waals surface area contributed by atoms with Gasteiger partial charge in [-0.05, 0) is 17.7 Å². The minimum Gasteiger partial charge on any atom is -0.378 e. The molecule has 0 N–H and O–H groups in total. The van der Waals surface area contributed by atoms with E-state index < -0.39 is 10.5 Å². The number of rotatable bonds is 6. The molecule has 0 fully saturated rings. The Hall–Kier alpha value is -3.16. The van der Waals surface area contributed by atoms with E-state index in [1.807, 2.05) is 43.3 Å². The molecule has 0 saturated heterocycles. The SMILES string of the molecule is CN(Cc1ccc(N(C)C)cc1)C(=O)Cn1cc([N+](=O)[O-])ccc1=O. The first kappa shape index (κ1) is 18.2. The number of anilines is 1. The molecular weight excluding hydrogens is 324 g/mol. The zero-order valence-electron chi connectivity index (χ0n) is 14.4. The second-order valence-corrected chi connectivity index (χ2v) is 5.92. The number of pyridine rings is 1. The summed E-state index contributed by atoms with van der Waals surface area (Å²) in [6, 6.07) is 9.99. The topological polar surface area (TPSA) is 88.7 Å². The zero-order chi connectivity index (χ0) is 18.6. The first-order valence-electron chi connectivity index (χ1n) is 7.63. The van der Waals surface area contributed by atoms with Crippen molar-refractivity contribution in [3.8, 4) is 0 Å². The number of carbonyl (C=O) groups excluding carboxylic acids is 1. The average molecular weight is 344 g/mol. The number of hydrogen-bond acceptors (Lipinski definition) is 5. The lowest BCUT2D eigenvalue weighted by molar-refractivity contribution is -0.385. The summed E-state index contributed by atoms with van der Waals surface area (Å²) in [6.07, 6.45) is 1.08. The van der Waals surface area contributed by atoms with Gasteiger partial charge in [0.25, 0.3) is 11.2 Å². The number of nitro groups is 1. The fourth-order valence-corrected chi connectivity index (χ4v) is 2.28. The van der Waals surface area contributed by atoms with E-state index in [1.54, 1.807) is 7.05 Å². The fourth-order valence-electron chi connectivity index (χ4n) is 2.28. The van der Waals surface area contributed by atoms with Gasteiger partial charge >= 0.3 is 0 Å². The molecule has 8 nitrogen and oxygen atoms in total. The van der Waals surface area contributed by atoms with Gasteiger partial charge < -0.3 is 9.80 Å². The fraction of sp³-hybridized carbons (Fsp3) is 0.294. The summed E-state index contributed by atoms with van der Waals surface area (Å²) in [5, 5.41) is 10.8. The molecule has 0 aliphatic heterocycles. The Kier molecular flexibility index (Phi) is 5.53. The highest BCUT2D eigenvalue weighted by molar-refractivity contribution is 5.75. The quantitative estimate of drug-likeness (QED) is 0.585. The highest BCUT2D eigenvalue weighted by Crippen LogP contribution is 2.13. The van der Waals surface area contributed by atoms with Gasteiger partial charge in [0.2, 0.25) is 5.91 Å². The van der Waals surface area contributed by atoms with Crippen LogP contribution in [0.2, 0.25) is 0 Å². The van der Waals surface area contributed by atoms with Crippen LogP contribution in [0.4, 0.5) is 11.4 Å². The Bertz CT molecular complexity index is 827. The lowest BCUT2D eigenvalue weighted by Crippen LogP contribution is -2.33. The van der Waals surface area contributed by atoms with Crippen molar-refractivity contribution in [2.45, 2.75) is 13.1 Å². The predicted molar refractivity (Wildman–Crippen MR) is 94.6 cm³/mol. The molecule has 0 bridgehead atoms. The van der Waals surface area contributed by atoms with Gasteiger partial charge in [0, 0.05) is 45.5 Å². The Balaban J connectivity index is 2.06. The molecular formula is C17H20N4O4. The summed E-state index contributed by atoms with van der Waals surface area (Å²) in [5.74, 6) is -0.306. The van der Waals surface area contributed by atoms with Gasteiger partial charge in [0.15, 0.2) is 0 Å². The molecule has 8 heteroatoms. The highest BCUT2D eigenvalue weighted by Gasteiger charge is 2.14.